The Labute approximate surface area is 258 Å². The van der Waals surface area contributed by atoms with Crippen molar-refractivity contribution in [1.82, 2.24) is 0 Å². The van der Waals surface area contributed by atoms with Crippen LogP contribution in [0.2, 0.25) is 0 Å². The molecule has 0 bridgehead atoms. The van der Waals surface area contributed by atoms with E-state index in [9.17, 15) is 0 Å². The number of furan rings is 2. The van der Waals surface area contributed by atoms with Gasteiger partial charge in [0.1, 0.15) is 22.3 Å². The van der Waals surface area contributed by atoms with Crippen molar-refractivity contribution in [3.8, 4) is 0 Å². The van der Waals surface area contributed by atoms with Gasteiger partial charge < -0.3 is 13.7 Å². The van der Waals surface area contributed by atoms with Gasteiger partial charge in [-0.15, -0.1) is 0 Å². The first kappa shape index (κ1) is 24.4. The quantitative estimate of drug-likeness (QED) is 0.196. The van der Waals surface area contributed by atoms with Crippen molar-refractivity contribution in [3.05, 3.63) is 152 Å². The van der Waals surface area contributed by atoms with Crippen LogP contribution in [0.1, 0.15) is 0 Å². The average molecular weight is 576 g/mol. The lowest BCUT2D eigenvalue weighted by Gasteiger charge is -2.26. The van der Waals surface area contributed by atoms with Crippen LogP contribution in [0.15, 0.2) is 160 Å². The van der Waals surface area contributed by atoms with Gasteiger partial charge in [-0.05, 0) is 87.6 Å². The van der Waals surface area contributed by atoms with Crippen molar-refractivity contribution in [2.24, 2.45) is 0 Å². The largest absolute Gasteiger partial charge is 0.456 e. The number of benzene rings is 8. The molecule has 45 heavy (non-hydrogen) atoms. The maximum Gasteiger partial charge on any atom is 0.143 e. The molecule has 0 aliphatic heterocycles. The maximum absolute atomic E-state index is 6.41. The van der Waals surface area contributed by atoms with Gasteiger partial charge in [-0.2, -0.15) is 0 Å². The Bertz CT molecular complexity index is 2770. The van der Waals surface area contributed by atoms with Crippen LogP contribution in [0.3, 0.4) is 0 Å². The summed E-state index contributed by atoms with van der Waals surface area (Å²) >= 11 is 0. The minimum atomic E-state index is 0.879. The summed E-state index contributed by atoms with van der Waals surface area (Å²) in [5.41, 5.74) is 6.87. The summed E-state index contributed by atoms with van der Waals surface area (Å²) in [4.78, 5) is 2.30. The highest BCUT2D eigenvalue weighted by molar-refractivity contribution is 6.26. The third kappa shape index (κ3) is 3.58. The molecule has 0 aliphatic carbocycles. The maximum atomic E-state index is 6.41. The molecule has 0 fully saturated rings. The fourth-order valence-electron chi connectivity index (χ4n) is 7.16. The SMILES string of the molecule is c1ccc(N(c2ccc3c(ccc4ccc5c(ccc6c7ccccc7oc65)c43)c2)c2ccc3c(c2)oc2ccccc23)cc1. The topological polar surface area (TPSA) is 29.5 Å². The van der Waals surface area contributed by atoms with Gasteiger partial charge in [0.25, 0.3) is 0 Å². The molecule has 0 spiro atoms. The van der Waals surface area contributed by atoms with Crippen molar-refractivity contribution in [2.75, 3.05) is 4.90 Å². The van der Waals surface area contributed by atoms with Crippen molar-refractivity contribution < 1.29 is 8.83 Å². The van der Waals surface area contributed by atoms with Crippen LogP contribution in [0, 0.1) is 0 Å². The van der Waals surface area contributed by atoms with Crippen molar-refractivity contribution >= 4 is 93.3 Å². The number of anilines is 3. The molecule has 0 radical (unpaired) electrons. The monoisotopic (exact) mass is 575 g/mol. The molecule has 10 rings (SSSR count). The first-order valence-electron chi connectivity index (χ1n) is 15.3. The lowest BCUT2D eigenvalue weighted by molar-refractivity contribution is 0.669. The summed E-state index contributed by atoms with van der Waals surface area (Å²) in [6.07, 6.45) is 0. The molecule has 0 aliphatic rings. The average Bonchev–Trinajstić information content (AvgIpc) is 3.67. The molecule has 3 nitrogen and oxygen atoms in total. The second kappa shape index (κ2) is 9.22. The van der Waals surface area contributed by atoms with Crippen LogP contribution in [0.5, 0.6) is 0 Å². The van der Waals surface area contributed by atoms with Gasteiger partial charge in [-0.1, -0.05) is 84.9 Å². The number of hydrogen-bond acceptors (Lipinski definition) is 3. The second-order valence-electron chi connectivity index (χ2n) is 11.7. The van der Waals surface area contributed by atoms with E-state index in [2.05, 4.69) is 132 Å². The van der Waals surface area contributed by atoms with Crippen LogP contribution in [0.4, 0.5) is 17.1 Å². The predicted molar refractivity (Wildman–Crippen MR) is 188 cm³/mol. The van der Waals surface area contributed by atoms with E-state index in [4.69, 9.17) is 8.83 Å². The Hall–Kier alpha value is -6.06. The van der Waals surface area contributed by atoms with Crippen LogP contribution < -0.4 is 4.90 Å². The second-order valence-corrected chi connectivity index (χ2v) is 11.7. The van der Waals surface area contributed by atoms with E-state index in [-0.39, 0.29) is 0 Å². The molecular formula is C42H25NO2. The van der Waals surface area contributed by atoms with Gasteiger partial charge >= 0.3 is 0 Å². The number of nitrogens with zero attached hydrogens (tertiary/aromatic N) is 1. The molecular weight excluding hydrogens is 550 g/mol. The van der Waals surface area contributed by atoms with Crippen LogP contribution in [0.25, 0.3) is 76.2 Å². The van der Waals surface area contributed by atoms with E-state index in [0.717, 1.165) is 66.3 Å². The number of fused-ring (bicyclic) bond motifs is 12. The van der Waals surface area contributed by atoms with Crippen LogP contribution in [-0.4, -0.2) is 0 Å². The van der Waals surface area contributed by atoms with Gasteiger partial charge in [0.05, 0.1) is 0 Å². The van der Waals surface area contributed by atoms with Crippen molar-refractivity contribution in [2.45, 2.75) is 0 Å². The van der Waals surface area contributed by atoms with E-state index >= 15 is 0 Å². The molecule has 0 unspecified atom stereocenters. The number of rotatable bonds is 3. The normalized spacial score (nSPS) is 12.0. The molecule has 0 N–H and O–H groups in total. The molecule has 0 amide bonds. The Morgan fingerprint density at radius 2 is 0.889 bits per heavy atom. The van der Waals surface area contributed by atoms with Gasteiger partial charge in [0.15, 0.2) is 0 Å². The predicted octanol–water partition coefficient (Wildman–Crippen LogP) is 12.4. The fraction of sp³-hybridized carbons (Fsp3) is 0. The molecule has 0 saturated carbocycles. The van der Waals surface area contributed by atoms with Crippen LogP contribution in [-0.2, 0) is 0 Å². The summed E-state index contributed by atoms with van der Waals surface area (Å²) < 4.78 is 12.7. The standard InChI is InChI=1S/C42H25NO2/c1-2-8-28(9-3-1)43(30-18-21-34-32-10-4-6-12-38(32)44-40(34)25-30)29-17-20-31-27(24-29)15-14-26-16-19-37-35(41(26)31)22-23-36-33-11-5-7-13-39(33)45-42(36)37/h1-25H. The molecule has 8 aromatic carbocycles. The van der Waals surface area contributed by atoms with Crippen LogP contribution >= 0.6 is 0 Å². The summed E-state index contributed by atoms with van der Waals surface area (Å²) in [5.74, 6) is 0. The molecule has 2 aromatic heterocycles. The zero-order valence-electron chi connectivity index (χ0n) is 24.2. The Balaban J connectivity index is 1.19. The van der Waals surface area contributed by atoms with Crippen molar-refractivity contribution in [1.29, 1.82) is 0 Å². The summed E-state index contributed by atoms with van der Waals surface area (Å²) in [6, 6.07) is 53.7. The first-order valence-corrected chi connectivity index (χ1v) is 15.3. The zero-order valence-corrected chi connectivity index (χ0v) is 24.2. The minimum Gasteiger partial charge on any atom is -0.456 e. The lowest BCUT2D eigenvalue weighted by atomic mass is 9.95. The summed E-state index contributed by atoms with van der Waals surface area (Å²) in [6.45, 7) is 0. The minimum absolute atomic E-state index is 0.879. The third-order valence-electron chi connectivity index (χ3n) is 9.21. The number of hydrogen-bond donors (Lipinski definition) is 0. The zero-order chi connectivity index (χ0) is 29.5. The van der Waals surface area contributed by atoms with E-state index in [1.165, 1.54) is 26.9 Å². The van der Waals surface area contributed by atoms with Gasteiger partial charge in [0, 0.05) is 50.1 Å². The van der Waals surface area contributed by atoms with Gasteiger partial charge in [-0.3, -0.25) is 0 Å². The highest BCUT2D eigenvalue weighted by atomic mass is 16.3. The van der Waals surface area contributed by atoms with Gasteiger partial charge in [0.2, 0.25) is 0 Å². The summed E-state index contributed by atoms with van der Waals surface area (Å²) in [7, 11) is 0. The van der Waals surface area contributed by atoms with E-state index in [1.54, 1.807) is 0 Å². The fourth-order valence-corrected chi connectivity index (χ4v) is 7.16. The Morgan fingerprint density at radius 3 is 1.73 bits per heavy atom. The highest BCUT2D eigenvalue weighted by Gasteiger charge is 2.17. The highest BCUT2D eigenvalue weighted by Crippen LogP contribution is 2.42. The summed E-state index contributed by atoms with van der Waals surface area (Å²) in [5, 5.41) is 11.8. The smallest absolute Gasteiger partial charge is 0.143 e. The van der Waals surface area contributed by atoms with E-state index < -0.39 is 0 Å². The van der Waals surface area contributed by atoms with E-state index in [1.807, 2.05) is 24.3 Å². The molecule has 210 valence electrons. The Morgan fingerprint density at radius 1 is 0.333 bits per heavy atom. The third-order valence-corrected chi connectivity index (χ3v) is 9.21. The molecule has 3 heteroatoms. The molecule has 0 atom stereocenters. The Kier molecular flexibility index (Phi) is 5.00. The van der Waals surface area contributed by atoms with Crippen molar-refractivity contribution in [3.63, 3.8) is 0 Å². The first-order chi connectivity index (χ1) is 22.3. The van der Waals surface area contributed by atoms with E-state index in [0.29, 0.717) is 0 Å². The molecule has 2 heterocycles. The van der Waals surface area contributed by atoms with Gasteiger partial charge in [-0.25, -0.2) is 0 Å². The lowest BCUT2D eigenvalue weighted by Crippen LogP contribution is -2.09. The number of para-hydroxylation sites is 3. The molecule has 10 aromatic rings. The molecule has 0 saturated heterocycles.